The Morgan fingerprint density at radius 3 is 1.55 bits per heavy atom. The first kappa shape index (κ1) is 22.2. The van der Waals surface area contributed by atoms with Gasteiger partial charge in [0.05, 0.1) is 0 Å². The van der Waals surface area contributed by atoms with Crippen molar-refractivity contribution < 1.29 is 22.1 Å². The highest BCUT2D eigenvalue weighted by Crippen LogP contribution is 2.19. The van der Waals surface area contributed by atoms with Crippen LogP contribution in [-0.2, 0) is 22.1 Å². The predicted octanol–water partition coefficient (Wildman–Crippen LogP) is 2.33. The molecular weight excluding hydrogens is 318 g/mol. The van der Waals surface area contributed by atoms with E-state index >= 15 is 0 Å². The van der Waals surface area contributed by atoms with E-state index in [1.165, 1.54) is 0 Å². The highest BCUT2D eigenvalue weighted by atomic mass is 28.4. The summed E-state index contributed by atoms with van der Waals surface area (Å²) in [5, 5.41) is 0. The number of hydrogen-bond acceptors (Lipinski definition) is 6. The first-order valence-corrected chi connectivity index (χ1v) is 12.1. The van der Waals surface area contributed by atoms with Gasteiger partial charge in [-0.05, 0) is 45.1 Å². The molecule has 0 amide bonds. The molecule has 134 valence electrons. The molecule has 0 N–H and O–H groups in total. The normalized spacial score (nSPS) is 13.1. The van der Waals surface area contributed by atoms with Crippen molar-refractivity contribution in [3.05, 3.63) is 0 Å². The van der Waals surface area contributed by atoms with Crippen LogP contribution in [0.4, 0.5) is 0 Å². The van der Waals surface area contributed by atoms with Gasteiger partial charge in [-0.2, -0.15) is 0 Å². The molecule has 0 rings (SSSR count). The predicted molar refractivity (Wildman–Crippen MR) is 93.4 cm³/mol. The molecule has 0 aromatic heterocycles. The van der Waals surface area contributed by atoms with E-state index in [1.807, 2.05) is 0 Å². The Morgan fingerprint density at radius 2 is 1.18 bits per heavy atom. The second-order valence-corrected chi connectivity index (χ2v) is 12.4. The van der Waals surface area contributed by atoms with Crippen molar-refractivity contribution in [2.24, 2.45) is 0 Å². The summed E-state index contributed by atoms with van der Waals surface area (Å²) in [6, 6.07) is 2.87. The van der Waals surface area contributed by atoms with Gasteiger partial charge in [0.2, 0.25) is 0 Å². The quantitative estimate of drug-likeness (QED) is 0.447. The first-order valence-electron chi connectivity index (χ1n) is 7.91. The Balaban J connectivity index is 4.03. The molecule has 0 atom stereocenters. The van der Waals surface area contributed by atoms with Crippen LogP contribution < -0.4 is 0 Å². The molecule has 0 aromatic rings. The van der Waals surface area contributed by atoms with Crippen LogP contribution in [0, 0.1) is 0 Å². The van der Waals surface area contributed by atoms with Gasteiger partial charge < -0.3 is 27.0 Å². The van der Waals surface area contributed by atoms with Crippen LogP contribution >= 0.6 is 0 Å². The van der Waals surface area contributed by atoms with Crippen molar-refractivity contribution in [2.45, 2.75) is 37.9 Å². The van der Waals surface area contributed by atoms with Gasteiger partial charge in [0.1, 0.15) is 0 Å². The molecule has 0 heterocycles. The molecule has 22 heavy (non-hydrogen) atoms. The fourth-order valence-electron chi connectivity index (χ4n) is 2.60. The van der Waals surface area contributed by atoms with E-state index in [0.717, 1.165) is 44.1 Å². The summed E-state index contributed by atoms with van der Waals surface area (Å²) in [5.74, 6) is 0. The third-order valence-electron chi connectivity index (χ3n) is 4.34. The molecular formula is C14H35NO5Si2. The van der Waals surface area contributed by atoms with Crippen LogP contribution in [0.3, 0.4) is 0 Å². The van der Waals surface area contributed by atoms with Gasteiger partial charge in [-0.25, -0.2) is 0 Å². The number of rotatable bonds is 14. The van der Waals surface area contributed by atoms with E-state index in [0.29, 0.717) is 0 Å². The largest absolute Gasteiger partial charge is 0.500 e. The van der Waals surface area contributed by atoms with Crippen LogP contribution in [0.15, 0.2) is 0 Å². The summed E-state index contributed by atoms with van der Waals surface area (Å²) in [6.45, 7) is 4.20. The standard InChI is InChI=1S/C14H35NO5Si2/c1-8-21(16-3,17-4)13-9-11-15(2)12-10-14-22(18-5,19-6)20-7/h8-14H2,1-7H3. The van der Waals surface area contributed by atoms with Crippen molar-refractivity contribution in [1.82, 2.24) is 4.90 Å². The molecule has 0 fully saturated rings. The van der Waals surface area contributed by atoms with E-state index in [1.54, 1.807) is 35.5 Å². The van der Waals surface area contributed by atoms with Gasteiger partial charge in [0.25, 0.3) is 0 Å². The average molecular weight is 354 g/mol. The van der Waals surface area contributed by atoms with Gasteiger partial charge in [0.15, 0.2) is 0 Å². The van der Waals surface area contributed by atoms with Crippen LogP contribution in [0.1, 0.15) is 19.8 Å². The van der Waals surface area contributed by atoms with E-state index < -0.39 is 17.4 Å². The highest BCUT2D eigenvalue weighted by molar-refractivity contribution is 6.67. The molecule has 0 bridgehead atoms. The first-order chi connectivity index (χ1) is 10.5. The van der Waals surface area contributed by atoms with E-state index in [-0.39, 0.29) is 0 Å². The second kappa shape index (κ2) is 11.7. The minimum atomic E-state index is -2.42. The summed E-state index contributed by atoms with van der Waals surface area (Å²) >= 11 is 0. The third-order valence-corrected chi connectivity index (χ3v) is 10.8. The van der Waals surface area contributed by atoms with Crippen molar-refractivity contribution in [1.29, 1.82) is 0 Å². The molecule has 0 spiro atoms. The zero-order chi connectivity index (χ0) is 17.1. The maximum atomic E-state index is 5.64. The van der Waals surface area contributed by atoms with E-state index in [4.69, 9.17) is 22.1 Å². The van der Waals surface area contributed by atoms with E-state index in [9.17, 15) is 0 Å². The van der Waals surface area contributed by atoms with Gasteiger partial charge in [-0.3, -0.25) is 0 Å². The minimum Gasteiger partial charge on any atom is -0.398 e. The highest BCUT2D eigenvalue weighted by Gasteiger charge is 2.37. The Kier molecular flexibility index (Phi) is 11.8. The molecule has 0 aliphatic rings. The van der Waals surface area contributed by atoms with Crippen molar-refractivity contribution in [3.8, 4) is 0 Å². The SMILES string of the molecule is CC[Si](CCCN(C)CCC[Si](OC)(OC)OC)(OC)OC. The fourth-order valence-corrected chi connectivity index (χ4v) is 6.51. The second-order valence-electron chi connectivity index (χ2n) is 5.48. The number of nitrogens with zero attached hydrogens (tertiary/aromatic N) is 1. The van der Waals surface area contributed by atoms with Crippen molar-refractivity contribution >= 4 is 17.4 Å². The third kappa shape index (κ3) is 7.18. The zero-order valence-corrected chi connectivity index (χ0v) is 17.4. The maximum Gasteiger partial charge on any atom is 0.500 e. The molecule has 0 saturated heterocycles. The lowest BCUT2D eigenvalue weighted by Crippen LogP contribution is -2.43. The lowest BCUT2D eigenvalue weighted by molar-refractivity contribution is 0.122. The van der Waals surface area contributed by atoms with Crippen LogP contribution in [0.5, 0.6) is 0 Å². The zero-order valence-electron chi connectivity index (χ0n) is 15.4. The molecule has 0 aliphatic carbocycles. The topological polar surface area (TPSA) is 49.4 Å². The van der Waals surface area contributed by atoms with Gasteiger partial charge in [-0.1, -0.05) is 6.92 Å². The Bertz CT molecular complexity index is 233. The molecule has 0 saturated carbocycles. The fraction of sp³-hybridized carbons (Fsp3) is 1.00. The lowest BCUT2D eigenvalue weighted by Gasteiger charge is -2.27. The van der Waals surface area contributed by atoms with E-state index in [2.05, 4.69) is 18.9 Å². The minimum absolute atomic E-state index is 0.838. The smallest absolute Gasteiger partial charge is 0.398 e. The molecule has 6 nitrogen and oxygen atoms in total. The van der Waals surface area contributed by atoms with Gasteiger partial charge >= 0.3 is 17.4 Å². The van der Waals surface area contributed by atoms with Crippen molar-refractivity contribution in [3.63, 3.8) is 0 Å². The monoisotopic (exact) mass is 353 g/mol. The Labute approximate surface area is 138 Å². The van der Waals surface area contributed by atoms with Crippen molar-refractivity contribution in [2.75, 3.05) is 55.7 Å². The molecule has 8 heteroatoms. The molecule has 0 unspecified atom stereocenters. The molecule has 0 aromatic carbocycles. The van der Waals surface area contributed by atoms with Crippen LogP contribution in [0.25, 0.3) is 0 Å². The van der Waals surface area contributed by atoms with Gasteiger partial charge in [0, 0.05) is 41.6 Å². The summed E-state index contributed by atoms with van der Waals surface area (Å²) < 4.78 is 27.6. The maximum absolute atomic E-state index is 5.64. The molecule has 0 radical (unpaired) electrons. The number of hydrogen-bond donors (Lipinski definition) is 0. The summed E-state index contributed by atoms with van der Waals surface area (Å²) in [7, 11) is 6.30. The Hall–Kier alpha value is 0.194. The van der Waals surface area contributed by atoms with Crippen LogP contribution in [-0.4, -0.2) is 78.0 Å². The Morgan fingerprint density at radius 1 is 0.727 bits per heavy atom. The van der Waals surface area contributed by atoms with Gasteiger partial charge in [-0.15, -0.1) is 0 Å². The average Bonchev–Trinajstić information content (AvgIpc) is 2.56. The van der Waals surface area contributed by atoms with Crippen LogP contribution in [0.2, 0.25) is 18.1 Å². The lowest BCUT2D eigenvalue weighted by atomic mass is 10.4. The summed E-state index contributed by atoms with van der Waals surface area (Å²) in [6.07, 6.45) is 2.10. The molecule has 0 aliphatic heterocycles. The summed E-state index contributed by atoms with van der Waals surface area (Å²) in [4.78, 5) is 2.33. The summed E-state index contributed by atoms with van der Waals surface area (Å²) in [5.41, 5.74) is 0.